The Morgan fingerprint density at radius 3 is 2.68 bits per heavy atom. The first-order chi connectivity index (χ1) is 8.90. The first kappa shape index (κ1) is 14.5. The van der Waals surface area contributed by atoms with Crippen LogP contribution in [0.2, 0.25) is 0 Å². The fraction of sp³-hybridized carbons (Fsp3) is 0.100. The molecule has 0 fully saturated rings. The highest BCUT2D eigenvalue weighted by molar-refractivity contribution is 9.11. The highest BCUT2D eigenvalue weighted by Crippen LogP contribution is 2.25. The summed E-state index contributed by atoms with van der Waals surface area (Å²) in [7, 11) is -3.62. The minimum Gasteiger partial charge on any atom is -0.384 e. The summed E-state index contributed by atoms with van der Waals surface area (Å²) in [4.78, 5) is 0.165. The Morgan fingerprint density at radius 1 is 1.37 bits per heavy atom. The lowest BCUT2D eigenvalue weighted by molar-refractivity contribution is 0.581. The lowest BCUT2D eigenvalue weighted by Gasteiger charge is -2.08. The summed E-state index contributed by atoms with van der Waals surface area (Å²) in [5.74, 6) is 0.345. The summed E-state index contributed by atoms with van der Waals surface area (Å²) >= 11 is 6.49. The number of nitrogens with one attached hydrogen (secondary N) is 2. The molecule has 0 saturated carbocycles. The zero-order valence-electron chi connectivity index (χ0n) is 9.52. The number of rotatable bonds is 4. The number of H-pyrrole nitrogens is 1. The van der Waals surface area contributed by atoms with E-state index < -0.39 is 10.0 Å². The summed E-state index contributed by atoms with van der Waals surface area (Å²) in [6.07, 6.45) is 1.48. The van der Waals surface area contributed by atoms with Gasteiger partial charge in [-0.1, -0.05) is 15.9 Å². The molecule has 0 aliphatic heterocycles. The monoisotopic (exact) mass is 408 g/mol. The zero-order valence-corrected chi connectivity index (χ0v) is 13.5. The van der Waals surface area contributed by atoms with E-state index in [4.69, 9.17) is 5.73 Å². The van der Waals surface area contributed by atoms with E-state index in [-0.39, 0.29) is 11.4 Å². The second-order valence-corrected chi connectivity index (χ2v) is 7.21. The highest BCUT2D eigenvalue weighted by Gasteiger charge is 2.18. The maximum atomic E-state index is 12.1. The van der Waals surface area contributed by atoms with Crippen molar-refractivity contribution >= 4 is 47.7 Å². The molecular weight excluding hydrogens is 400 g/mol. The SMILES string of the molecule is Nc1[nH]ncc1CNS(=O)(=O)c1ccc(Br)cc1Br. The molecule has 9 heteroatoms. The molecule has 19 heavy (non-hydrogen) atoms. The van der Waals surface area contributed by atoms with Crippen molar-refractivity contribution in [1.82, 2.24) is 14.9 Å². The van der Waals surface area contributed by atoms with Gasteiger partial charge in [-0.15, -0.1) is 0 Å². The van der Waals surface area contributed by atoms with Crippen molar-refractivity contribution in [1.29, 1.82) is 0 Å². The molecule has 0 spiro atoms. The van der Waals surface area contributed by atoms with E-state index in [2.05, 4.69) is 46.8 Å². The van der Waals surface area contributed by atoms with Gasteiger partial charge in [0.1, 0.15) is 5.82 Å². The molecule has 102 valence electrons. The number of benzene rings is 1. The molecule has 2 aromatic rings. The third-order valence-electron chi connectivity index (χ3n) is 2.39. The van der Waals surface area contributed by atoms with Crippen LogP contribution >= 0.6 is 31.9 Å². The van der Waals surface area contributed by atoms with Crippen LogP contribution in [0.15, 0.2) is 38.2 Å². The van der Waals surface area contributed by atoms with Crippen molar-refractivity contribution in [3.8, 4) is 0 Å². The van der Waals surface area contributed by atoms with E-state index in [0.29, 0.717) is 15.9 Å². The van der Waals surface area contributed by atoms with E-state index in [0.717, 1.165) is 4.47 Å². The van der Waals surface area contributed by atoms with Crippen molar-refractivity contribution in [2.24, 2.45) is 0 Å². The lowest BCUT2D eigenvalue weighted by atomic mass is 10.3. The number of sulfonamides is 1. The molecule has 0 radical (unpaired) electrons. The van der Waals surface area contributed by atoms with E-state index >= 15 is 0 Å². The smallest absolute Gasteiger partial charge is 0.241 e. The molecule has 1 heterocycles. The third-order valence-corrected chi connectivity index (χ3v) is 5.26. The second kappa shape index (κ2) is 5.61. The van der Waals surface area contributed by atoms with Gasteiger partial charge in [0.25, 0.3) is 0 Å². The summed E-state index contributed by atoms with van der Waals surface area (Å²) in [6, 6.07) is 4.83. The fourth-order valence-electron chi connectivity index (χ4n) is 1.41. The number of nitrogen functional groups attached to an aromatic ring is 1. The molecule has 0 saturated heterocycles. The van der Waals surface area contributed by atoms with Crippen LogP contribution in [0.5, 0.6) is 0 Å². The Hall–Kier alpha value is -0.900. The van der Waals surface area contributed by atoms with Gasteiger partial charge >= 0.3 is 0 Å². The summed E-state index contributed by atoms with van der Waals surface area (Å²) < 4.78 is 28.0. The number of aromatic amines is 1. The molecule has 0 bridgehead atoms. The Bertz CT molecular complexity index is 699. The molecule has 0 aliphatic carbocycles. The number of nitrogens with zero attached hydrogens (tertiary/aromatic N) is 1. The average Bonchev–Trinajstić information content (AvgIpc) is 2.72. The number of hydrogen-bond donors (Lipinski definition) is 3. The quantitative estimate of drug-likeness (QED) is 0.718. The van der Waals surface area contributed by atoms with Crippen molar-refractivity contribution < 1.29 is 8.42 Å². The molecule has 0 amide bonds. The van der Waals surface area contributed by atoms with Crippen molar-refractivity contribution in [3.05, 3.63) is 38.9 Å². The number of anilines is 1. The van der Waals surface area contributed by atoms with Crippen LogP contribution in [0.3, 0.4) is 0 Å². The molecule has 4 N–H and O–H groups in total. The summed E-state index contributed by atoms with van der Waals surface area (Å²) in [5, 5.41) is 6.26. The van der Waals surface area contributed by atoms with Crippen LogP contribution in [0, 0.1) is 0 Å². The number of halogens is 2. The molecular formula is C10H10Br2N4O2S. The molecule has 6 nitrogen and oxygen atoms in total. The first-order valence-electron chi connectivity index (χ1n) is 5.12. The van der Waals surface area contributed by atoms with Gasteiger partial charge in [-0.2, -0.15) is 5.10 Å². The number of aromatic nitrogens is 2. The predicted molar refractivity (Wildman–Crippen MR) is 78.9 cm³/mol. The highest BCUT2D eigenvalue weighted by atomic mass is 79.9. The van der Waals surface area contributed by atoms with Crippen molar-refractivity contribution in [2.45, 2.75) is 11.4 Å². The molecule has 1 aromatic carbocycles. The Morgan fingerprint density at radius 2 is 2.11 bits per heavy atom. The zero-order chi connectivity index (χ0) is 14.0. The minimum absolute atomic E-state index is 0.0766. The molecule has 0 atom stereocenters. The van der Waals surface area contributed by atoms with Gasteiger partial charge in [0.2, 0.25) is 10.0 Å². The van der Waals surface area contributed by atoms with Gasteiger partial charge in [0, 0.05) is 21.1 Å². The second-order valence-electron chi connectivity index (χ2n) is 3.71. The van der Waals surface area contributed by atoms with Crippen molar-refractivity contribution in [3.63, 3.8) is 0 Å². The van der Waals surface area contributed by atoms with Crippen molar-refractivity contribution in [2.75, 3.05) is 5.73 Å². The molecule has 1 aromatic heterocycles. The fourth-order valence-corrected chi connectivity index (χ4v) is 4.16. The van der Waals surface area contributed by atoms with Crippen LogP contribution in [0.1, 0.15) is 5.56 Å². The van der Waals surface area contributed by atoms with Gasteiger partial charge in [-0.3, -0.25) is 5.10 Å². The first-order valence-corrected chi connectivity index (χ1v) is 8.19. The summed E-state index contributed by atoms with van der Waals surface area (Å²) in [6.45, 7) is 0.0766. The third kappa shape index (κ3) is 3.35. The normalized spacial score (nSPS) is 11.7. The largest absolute Gasteiger partial charge is 0.384 e. The van der Waals surface area contributed by atoms with Crippen LogP contribution in [-0.2, 0) is 16.6 Å². The van der Waals surface area contributed by atoms with E-state index in [9.17, 15) is 8.42 Å². The van der Waals surface area contributed by atoms with Crippen LogP contribution < -0.4 is 10.5 Å². The van der Waals surface area contributed by atoms with Gasteiger partial charge < -0.3 is 5.73 Å². The van der Waals surface area contributed by atoms with Gasteiger partial charge in [0.15, 0.2) is 0 Å². The predicted octanol–water partition coefficient (Wildman–Crippen LogP) is 2.00. The Labute approximate surface area is 127 Å². The summed E-state index contributed by atoms with van der Waals surface area (Å²) in [5.41, 5.74) is 6.18. The van der Waals surface area contributed by atoms with Gasteiger partial charge in [-0.25, -0.2) is 13.1 Å². The molecule has 2 rings (SSSR count). The lowest BCUT2D eigenvalue weighted by Crippen LogP contribution is -2.23. The van der Waals surface area contributed by atoms with Gasteiger partial charge in [0.05, 0.1) is 11.1 Å². The number of hydrogen-bond acceptors (Lipinski definition) is 4. The Kier molecular flexibility index (Phi) is 4.29. The Balaban J connectivity index is 2.21. The van der Waals surface area contributed by atoms with Crippen LogP contribution in [0.4, 0.5) is 5.82 Å². The number of nitrogens with two attached hydrogens (primary N) is 1. The van der Waals surface area contributed by atoms with E-state index in [1.54, 1.807) is 12.1 Å². The van der Waals surface area contributed by atoms with Crippen LogP contribution in [0.25, 0.3) is 0 Å². The van der Waals surface area contributed by atoms with Crippen LogP contribution in [-0.4, -0.2) is 18.6 Å². The molecule has 0 aliphatic rings. The maximum Gasteiger partial charge on any atom is 0.241 e. The minimum atomic E-state index is -3.62. The standard InChI is InChI=1S/C10H10Br2N4O2S/c11-7-1-2-9(8(12)3-7)19(17,18)15-5-6-4-14-16-10(6)13/h1-4,15H,5H2,(H3,13,14,16). The van der Waals surface area contributed by atoms with Gasteiger partial charge in [-0.05, 0) is 34.1 Å². The molecule has 0 unspecified atom stereocenters. The topological polar surface area (TPSA) is 101 Å². The average molecular weight is 410 g/mol. The van der Waals surface area contributed by atoms with E-state index in [1.807, 2.05) is 0 Å². The van der Waals surface area contributed by atoms with E-state index in [1.165, 1.54) is 12.3 Å². The maximum absolute atomic E-state index is 12.1.